The lowest BCUT2D eigenvalue weighted by atomic mass is 9.80. The number of hydrogen-bond donors (Lipinski definition) is 3. The molecule has 10 nitrogen and oxygen atoms in total. The van der Waals surface area contributed by atoms with Crippen molar-refractivity contribution in [3.8, 4) is 0 Å². The van der Waals surface area contributed by atoms with E-state index in [-0.39, 0.29) is 17.2 Å². The van der Waals surface area contributed by atoms with Gasteiger partial charge in [-0.3, -0.25) is 19.2 Å². The first-order valence-electron chi connectivity index (χ1n) is 13.9. The smallest absolute Gasteiger partial charge is 0.408 e. The first kappa shape index (κ1) is 29.9. The predicted octanol–water partition coefficient (Wildman–Crippen LogP) is 2.67. The molecule has 0 radical (unpaired) electrons. The first-order chi connectivity index (χ1) is 17.5. The average molecular weight is 535 g/mol. The summed E-state index contributed by atoms with van der Waals surface area (Å²) in [6.07, 6.45) is 4.94. The molecule has 5 atom stereocenters. The van der Waals surface area contributed by atoms with E-state index in [1.807, 2.05) is 20.8 Å². The number of likely N-dealkylation sites (tertiary alicyclic amines) is 1. The maximum atomic E-state index is 14.0. The van der Waals surface area contributed by atoms with Crippen LogP contribution < -0.4 is 16.4 Å². The molecule has 3 rings (SSSR count). The third kappa shape index (κ3) is 6.86. The van der Waals surface area contributed by atoms with Gasteiger partial charge >= 0.3 is 6.09 Å². The average Bonchev–Trinajstić information content (AvgIpc) is 3.29. The van der Waals surface area contributed by atoms with E-state index >= 15 is 0 Å². The molecule has 1 heterocycles. The Morgan fingerprint density at radius 1 is 1.03 bits per heavy atom. The minimum Gasteiger partial charge on any atom is -0.444 e. The molecule has 1 saturated heterocycles. The van der Waals surface area contributed by atoms with Gasteiger partial charge in [-0.05, 0) is 62.7 Å². The van der Waals surface area contributed by atoms with Crippen LogP contribution in [0.4, 0.5) is 4.79 Å². The van der Waals surface area contributed by atoms with Crippen molar-refractivity contribution in [2.45, 2.75) is 117 Å². The zero-order valence-corrected chi connectivity index (χ0v) is 24.0. The summed E-state index contributed by atoms with van der Waals surface area (Å²) in [6.45, 7) is 13.3. The fraction of sp³-hybridized carbons (Fsp3) is 0.821. The summed E-state index contributed by atoms with van der Waals surface area (Å²) < 4.78 is 5.41. The van der Waals surface area contributed by atoms with Gasteiger partial charge in [-0.25, -0.2) is 4.79 Å². The van der Waals surface area contributed by atoms with Crippen molar-refractivity contribution in [2.75, 3.05) is 6.54 Å². The Labute approximate surface area is 226 Å². The number of nitrogens with two attached hydrogens (primary N) is 1. The van der Waals surface area contributed by atoms with Gasteiger partial charge < -0.3 is 26.0 Å². The standard InChI is InChI=1S/C28H46N4O6/c1-8-17-13-28(17)14-19(23(35)30-18(20(33)22(29)34)12-16-10-9-11-16)32(15-28)24(36)21(26(2,3)4)31-25(37)38-27(5,6)7/h16-19,21H,8-15H2,1-7H3,(H2,29,34)(H,30,35)(H,31,37)/t17-,18?,19-,21+,28-/m0/s1. The number of primary amides is 1. The second kappa shape index (κ2) is 10.8. The van der Waals surface area contributed by atoms with E-state index in [2.05, 4.69) is 17.6 Å². The molecule has 4 amide bonds. The Bertz CT molecular complexity index is 963. The van der Waals surface area contributed by atoms with Crippen LogP contribution in [0, 0.1) is 22.7 Å². The number of alkyl carbamates (subject to hydrolysis) is 1. The summed E-state index contributed by atoms with van der Waals surface area (Å²) in [5.41, 5.74) is 3.74. The summed E-state index contributed by atoms with van der Waals surface area (Å²) >= 11 is 0. The van der Waals surface area contributed by atoms with Crippen LogP contribution in [0.2, 0.25) is 0 Å². The molecule has 10 heteroatoms. The summed E-state index contributed by atoms with van der Waals surface area (Å²) in [5, 5.41) is 5.52. The van der Waals surface area contributed by atoms with Gasteiger partial charge in [0.2, 0.25) is 17.6 Å². The van der Waals surface area contributed by atoms with Gasteiger partial charge in [0.15, 0.2) is 0 Å². The number of amides is 4. The zero-order chi connectivity index (χ0) is 28.6. The van der Waals surface area contributed by atoms with Crippen LogP contribution in [0.5, 0.6) is 0 Å². The SMILES string of the molecule is CC[C@H]1C[C@@]12C[C@@H](C(=O)NC(CC1CCC1)C(=O)C(N)=O)N(C(=O)[C@@H](NC(=O)OC(C)(C)C)C(C)(C)C)C2. The van der Waals surface area contributed by atoms with Crippen molar-refractivity contribution in [3.05, 3.63) is 0 Å². The van der Waals surface area contributed by atoms with Gasteiger partial charge in [0.05, 0.1) is 6.04 Å². The number of ether oxygens (including phenoxy) is 1. The molecule has 214 valence electrons. The number of Topliss-reactive ketones (excluding diaryl/α,β-unsaturated/α-hetero) is 1. The molecule has 3 aliphatic rings. The lowest BCUT2D eigenvalue weighted by Gasteiger charge is -2.36. The molecule has 0 aromatic heterocycles. The van der Waals surface area contributed by atoms with Crippen molar-refractivity contribution in [3.63, 3.8) is 0 Å². The van der Waals surface area contributed by atoms with E-state index in [1.165, 1.54) is 0 Å². The van der Waals surface area contributed by atoms with Gasteiger partial charge in [0.25, 0.3) is 5.91 Å². The van der Waals surface area contributed by atoms with E-state index in [1.54, 1.807) is 25.7 Å². The van der Waals surface area contributed by atoms with Crippen molar-refractivity contribution < 1.29 is 28.7 Å². The van der Waals surface area contributed by atoms with Crippen LogP contribution >= 0.6 is 0 Å². The minimum absolute atomic E-state index is 0.155. The highest BCUT2D eigenvalue weighted by Gasteiger charge is 2.62. The molecule has 4 N–H and O–H groups in total. The number of nitrogens with zero attached hydrogens (tertiary/aromatic N) is 1. The molecule has 3 fully saturated rings. The molecule has 1 spiro atoms. The summed E-state index contributed by atoms with van der Waals surface area (Å²) in [7, 11) is 0. The van der Waals surface area contributed by atoms with Crippen LogP contribution in [0.1, 0.15) is 93.4 Å². The molecule has 0 aromatic rings. The van der Waals surface area contributed by atoms with E-state index < -0.39 is 52.8 Å². The normalized spacial score (nSPS) is 26.8. The largest absolute Gasteiger partial charge is 0.444 e. The second-order valence-corrected chi connectivity index (χ2v) is 13.6. The van der Waals surface area contributed by atoms with Crippen molar-refractivity contribution >= 4 is 29.6 Å². The summed E-state index contributed by atoms with van der Waals surface area (Å²) in [5.74, 6) is -2.05. The Morgan fingerprint density at radius 3 is 2.11 bits per heavy atom. The summed E-state index contributed by atoms with van der Waals surface area (Å²) in [6, 6.07) is -2.74. The highest BCUT2D eigenvalue weighted by Crippen LogP contribution is 2.61. The van der Waals surface area contributed by atoms with E-state index in [0.29, 0.717) is 25.3 Å². The molecule has 0 bridgehead atoms. The van der Waals surface area contributed by atoms with Gasteiger partial charge in [-0.1, -0.05) is 53.4 Å². The lowest BCUT2D eigenvalue weighted by Crippen LogP contribution is -2.59. The number of hydrogen-bond acceptors (Lipinski definition) is 6. The third-order valence-corrected chi connectivity index (χ3v) is 8.34. The number of nitrogens with one attached hydrogen (secondary N) is 2. The second-order valence-electron chi connectivity index (χ2n) is 13.6. The van der Waals surface area contributed by atoms with E-state index in [9.17, 15) is 24.0 Å². The Balaban J connectivity index is 1.84. The van der Waals surface area contributed by atoms with Gasteiger partial charge in [-0.2, -0.15) is 0 Å². The fourth-order valence-corrected chi connectivity index (χ4v) is 5.90. The highest BCUT2D eigenvalue weighted by molar-refractivity contribution is 6.37. The molecule has 2 aliphatic carbocycles. The van der Waals surface area contributed by atoms with Crippen molar-refractivity contribution in [1.82, 2.24) is 15.5 Å². The number of carbonyl (C=O) groups is 5. The van der Waals surface area contributed by atoms with Crippen LogP contribution in [0.25, 0.3) is 0 Å². The zero-order valence-electron chi connectivity index (χ0n) is 24.0. The quantitative estimate of drug-likeness (QED) is 0.387. The molecule has 1 aliphatic heterocycles. The van der Waals surface area contributed by atoms with Crippen molar-refractivity contribution in [1.29, 1.82) is 0 Å². The van der Waals surface area contributed by atoms with Crippen LogP contribution in [0.3, 0.4) is 0 Å². The molecule has 0 aromatic carbocycles. The Kier molecular flexibility index (Phi) is 8.53. The van der Waals surface area contributed by atoms with Crippen LogP contribution in [0.15, 0.2) is 0 Å². The Hall–Kier alpha value is -2.65. The number of ketones is 1. The highest BCUT2D eigenvalue weighted by atomic mass is 16.6. The van der Waals surface area contributed by atoms with Gasteiger partial charge in [0, 0.05) is 6.54 Å². The molecule has 1 unspecified atom stereocenters. The van der Waals surface area contributed by atoms with E-state index in [4.69, 9.17) is 10.5 Å². The Morgan fingerprint density at radius 2 is 1.66 bits per heavy atom. The molecule has 38 heavy (non-hydrogen) atoms. The lowest BCUT2D eigenvalue weighted by molar-refractivity contribution is -0.143. The maximum Gasteiger partial charge on any atom is 0.408 e. The topological polar surface area (TPSA) is 148 Å². The fourth-order valence-electron chi connectivity index (χ4n) is 5.90. The third-order valence-electron chi connectivity index (χ3n) is 8.34. The van der Waals surface area contributed by atoms with Crippen molar-refractivity contribution in [2.24, 2.45) is 28.4 Å². The monoisotopic (exact) mass is 534 g/mol. The van der Waals surface area contributed by atoms with Crippen LogP contribution in [-0.2, 0) is 23.9 Å². The number of rotatable bonds is 9. The predicted molar refractivity (Wildman–Crippen MR) is 142 cm³/mol. The molecule has 2 saturated carbocycles. The van der Waals surface area contributed by atoms with Crippen LogP contribution in [-0.4, -0.2) is 64.8 Å². The van der Waals surface area contributed by atoms with Gasteiger partial charge in [0.1, 0.15) is 17.7 Å². The molecular formula is C28H46N4O6. The number of carbonyl (C=O) groups excluding carboxylic acids is 5. The minimum atomic E-state index is -1.08. The molecular weight excluding hydrogens is 488 g/mol. The first-order valence-corrected chi connectivity index (χ1v) is 13.9. The summed E-state index contributed by atoms with van der Waals surface area (Å²) in [4.78, 5) is 66.2. The van der Waals surface area contributed by atoms with E-state index in [0.717, 1.165) is 32.1 Å². The maximum absolute atomic E-state index is 14.0. The van der Waals surface area contributed by atoms with Gasteiger partial charge in [-0.15, -0.1) is 0 Å².